The zero-order valence-electron chi connectivity index (χ0n) is 20.4. The number of halogens is 1. The molecule has 0 unspecified atom stereocenters. The number of rotatable bonds is 11. The zero-order chi connectivity index (χ0) is 24.5. The van der Waals surface area contributed by atoms with Gasteiger partial charge in [0.2, 0.25) is 5.91 Å². The summed E-state index contributed by atoms with van der Waals surface area (Å²) in [6.07, 6.45) is 0.485. The largest absolute Gasteiger partial charge is 0.497 e. The molecule has 0 aliphatic heterocycles. The highest BCUT2D eigenvalue weighted by Gasteiger charge is 2.29. The van der Waals surface area contributed by atoms with Crippen molar-refractivity contribution in [3.05, 3.63) is 58.1 Å². The Morgan fingerprint density at radius 1 is 1.09 bits per heavy atom. The molecule has 180 valence electrons. The van der Waals surface area contributed by atoms with Crippen molar-refractivity contribution in [1.82, 2.24) is 10.2 Å². The number of methoxy groups -OCH3 is 1. The molecule has 6 nitrogen and oxygen atoms in total. The van der Waals surface area contributed by atoms with Gasteiger partial charge in [0.25, 0.3) is 5.91 Å². The van der Waals surface area contributed by atoms with Crippen molar-refractivity contribution in [3.8, 4) is 11.5 Å². The minimum absolute atomic E-state index is 0.166. The van der Waals surface area contributed by atoms with E-state index in [1.807, 2.05) is 71.0 Å². The number of carbonyl (C=O) groups is 2. The first-order chi connectivity index (χ1) is 15.7. The van der Waals surface area contributed by atoms with Gasteiger partial charge in [-0.2, -0.15) is 0 Å². The van der Waals surface area contributed by atoms with Crippen molar-refractivity contribution in [3.63, 3.8) is 0 Å². The fourth-order valence-electron chi connectivity index (χ4n) is 3.53. The number of nitrogens with zero attached hydrogens (tertiary/aromatic N) is 1. The van der Waals surface area contributed by atoms with Crippen LogP contribution in [0.15, 0.2) is 36.4 Å². The SMILES string of the molecule is CC[C@@H](C(=O)NCC(C)C)N(Cc1cccc(OC)c1)C(=O)COc1cc(C)c(Cl)c(C)c1. The minimum Gasteiger partial charge on any atom is -0.497 e. The Balaban J connectivity index is 2.25. The number of benzene rings is 2. The molecule has 2 aromatic rings. The van der Waals surface area contributed by atoms with Gasteiger partial charge in [0, 0.05) is 18.1 Å². The lowest BCUT2D eigenvalue weighted by atomic mass is 10.1. The van der Waals surface area contributed by atoms with Crippen LogP contribution in [0, 0.1) is 19.8 Å². The highest BCUT2D eigenvalue weighted by molar-refractivity contribution is 6.32. The molecule has 0 aromatic heterocycles. The Kier molecular flexibility index (Phi) is 10.0. The molecular formula is C26H35ClN2O4. The smallest absolute Gasteiger partial charge is 0.261 e. The average molecular weight is 475 g/mol. The molecule has 0 radical (unpaired) electrons. The van der Waals surface area contributed by atoms with Gasteiger partial charge in [0.05, 0.1) is 7.11 Å². The summed E-state index contributed by atoms with van der Waals surface area (Å²) in [6, 6.07) is 10.5. The molecule has 0 heterocycles. The second-order valence-corrected chi connectivity index (χ2v) is 8.97. The van der Waals surface area contributed by atoms with Crippen molar-refractivity contribution in [2.45, 2.75) is 53.6 Å². The second kappa shape index (κ2) is 12.5. The Hall–Kier alpha value is -2.73. The van der Waals surface area contributed by atoms with Gasteiger partial charge < -0.3 is 19.7 Å². The maximum Gasteiger partial charge on any atom is 0.261 e. The number of hydrogen-bond donors (Lipinski definition) is 1. The molecule has 0 saturated carbocycles. The molecule has 33 heavy (non-hydrogen) atoms. The molecule has 2 rings (SSSR count). The first-order valence-corrected chi connectivity index (χ1v) is 11.6. The van der Waals surface area contributed by atoms with Crippen molar-refractivity contribution < 1.29 is 19.1 Å². The van der Waals surface area contributed by atoms with Crippen molar-refractivity contribution >= 4 is 23.4 Å². The lowest BCUT2D eigenvalue weighted by Gasteiger charge is -2.31. The summed E-state index contributed by atoms with van der Waals surface area (Å²) < 4.78 is 11.1. The van der Waals surface area contributed by atoms with Crippen LogP contribution in [0.5, 0.6) is 11.5 Å². The van der Waals surface area contributed by atoms with Gasteiger partial charge in [-0.1, -0.05) is 44.5 Å². The predicted octanol–water partition coefficient (Wildman–Crippen LogP) is 4.92. The average Bonchev–Trinajstić information content (AvgIpc) is 2.79. The molecule has 0 aliphatic carbocycles. The van der Waals surface area contributed by atoms with Crippen LogP contribution in [0.1, 0.15) is 43.9 Å². The zero-order valence-corrected chi connectivity index (χ0v) is 21.2. The first kappa shape index (κ1) is 26.5. The lowest BCUT2D eigenvalue weighted by Crippen LogP contribution is -2.50. The number of aryl methyl sites for hydroxylation is 2. The van der Waals surface area contributed by atoms with E-state index in [4.69, 9.17) is 21.1 Å². The Labute approximate surface area is 202 Å². The van der Waals surface area contributed by atoms with Gasteiger partial charge in [0.15, 0.2) is 6.61 Å². The van der Waals surface area contributed by atoms with Crippen LogP contribution in [0.3, 0.4) is 0 Å². The van der Waals surface area contributed by atoms with E-state index >= 15 is 0 Å². The molecule has 0 fully saturated rings. The van der Waals surface area contributed by atoms with E-state index < -0.39 is 6.04 Å². The van der Waals surface area contributed by atoms with E-state index in [-0.39, 0.29) is 25.0 Å². The van der Waals surface area contributed by atoms with E-state index in [1.54, 1.807) is 12.0 Å². The van der Waals surface area contributed by atoms with Gasteiger partial charge in [-0.3, -0.25) is 9.59 Å². The standard InChI is InChI=1S/C26H35ClN2O4/c1-7-23(26(31)28-14-17(2)3)29(15-20-9-8-10-21(13-20)32-6)24(30)16-33-22-11-18(4)25(27)19(5)12-22/h8-13,17,23H,7,14-16H2,1-6H3,(H,28,31)/t23-/m0/s1. The molecule has 1 N–H and O–H groups in total. The summed E-state index contributed by atoms with van der Waals surface area (Å²) in [5, 5.41) is 3.64. The summed E-state index contributed by atoms with van der Waals surface area (Å²) in [6.45, 7) is 10.4. The summed E-state index contributed by atoms with van der Waals surface area (Å²) >= 11 is 6.24. The van der Waals surface area contributed by atoms with Gasteiger partial charge >= 0.3 is 0 Å². The van der Waals surface area contributed by atoms with E-state index in [0.717, 1.165) is 16.7 Å². The third-order valence-corrected chi connectivity index (χ3v) is 5.93. The summed E-state index contributed by atoms with van der Waals surface area (Å²) in [5.74, 6) is 1.14. The number of hydrogen-bond acceptors (Lipinski definition) is 4. The second-order valence-electron chi connectivity index (χ2n) is 8.60. The van der Waals surface area contributed by atoms with E-state index in [0.29, 0.717) is 35.4 Å². The Morgan fingerprint density at radius 2 is 1.76 bits per heavy atom. The van der Waals surface area contributed by atoms with Crippen LogP contribution in [-0.2, 0) is 16.1 Å². The lowest BCUT2D eigenvalue weighted by molar-refractivity contribution is -0.143. The minimum atomic E-state index is -0.611. The van der Waals surface area contributed by atoms with E-state index in [1.165, 1.54) is 0 Å². The maximum absolute atomic E-state index is 13.3. The number of ether oxygens (including phenoxy) is 2. The van der Waals surface area contributed by atoms with Crippen LogP contribution in [0.4, 0.5) is 0 Å². The maximum atomic E-state index is 13.3. The van der Waals surface area contributed by atoms with Gasteiger partial charge in [0.1, 0.15) is 17.5 Å². The Bertz CT molecular complexity index is 938. The van der Waals surface area contributed by atoms with Crippen LogP contribution < -0.4 is 14.8 Å². The predicted molar refractivity (Wildman–Crippen MR) is 132 cm³/mol. The van der Waals surface area contributed by atoms with Crippen LogP contribution >= 0.6 is 11.6 Å². The first-order valence-electron chi connectivity index (χ1n) is 11.3. The molecular weight excluding hydrogens is 440 g/mol. The van der Waals surface area contributed by atoms with Crippen molar-refractivity contribution in [1.29, 1.82) is 0 Å². The van der Waals surface area contributed by atoms with Crippen molar-refractivity contribution in [2.75, 3.05) is 20.3 Å². The highest BCUT2D eigenvalue weighted by atomic mass is 35.5. The van der Waals surface area contributed by atoms with Crippen LogP contribution in [-0.4, -0.2) is 43.0 Å². The molecule has 7 heteroatoms. The summed E-state index contributed by atoms with van der Waals surface area (Å²) in [4.78, 5) is 27.9. The molecule has 0 aliphatic rings. The molecule has 0 bridgehead atoms. The molecule has 2 aromatic carbocycles. The van der Waals surface area contributed by atoms with Gasteiger partial charge in [-0.25, -0.2) is 0 Å². The molecule has 2 amide bonds. The van der Waals surface area contributed by atoms with E-state index in [9.17, 15) is 9.59 Å². The fourth-order valence-corrected chi connectivity index (χ4v) is 3.64. The quantitative estimate of drug-likeness (QED) is 0.501. The fraction of sp³-hybridized carbons (Fsp3) is 0.462. The topological polar surface area (TPSA) is 67.9 Å². The van der Waals surface area contributed by atoms with Crippen LogP contribution in [0.2, 0.25) is 5.02 Å². The van der Waals surface area contributed by atoms with Crippen molar-refractivity contribution in [2.24, 2.45) is 5.92 Å². The monoisotopic (exact) mass is 474 g/mol. The molecule has 0 spiro atoms. The Morgan fingerprint density at radius 3 is 2.33 bits per heavy atom. The normalized spacial score (nSPS) is 11.8. The van der Waals surface area contributed by atoms with E-state index in [2.05, 4.69) is 5.32 Å². The number of amides is 2. The summed E-state index contributed by atoms with van der Waals surface area (Å²) in [5.41, 5.74) is 2.63. The van der Waals surface area contributed by atoms with Gasteiger partial charge in [-0.15, -0.1) is 0 Å². The molecule has 0 saturated heterocycles. The third kappa shape index (κ3) is 7.67. The highest BCUT2D eigenvalue weighted by Crippen LogP contribution is 2.26. The number of carbonyl (C=O) groups excluding carboxylic acids is 2. The van der Waals surface area contributed by atoms with Gasteiger partial charge in [-0.05, 0) is 67.1 Å². The third-order valence-electron chi connectivity index (χ3n) is 5.33. The van der Waals surface area contributed by atoms with Crippen LogP contribution in [0.25, 0.3) is 0 Å². The number of nitrogens with one attached hydrogen (secondary N) is 1. The molecule has 1 atom stereocenters. The summed E-state index contributed by atoms with van der Waals surface area (Å²) in [7, 11) is 1.60.